The molecule has 0 aliphatic carbocycles. The van der Waals surface area contributed by atoms with Gasteiger partial charge in [-0.15, -0.1) is 11.3 Å². The number of hydrogen-bond acceptors (Lipinski definition) is 5. The summed E-state index contributed by atoms with van der Waals surface area (Å²) >= 11 is 1.32. The molecule has 0 saturated carbocycles. The molecular weight excluding hydrogens is 412 g/mol. The summed E-state index contributed by atoms with van der Waals surface area (Å²) in [5.74, 6) is 0.821. The number of amides is 2. The van der Waals surface area contributed by atoms with Gasteiger partial charge in [-0.3, -0.25) is 19.0 Å². The third kappa shape index (κ3) is 3.58. The number of thiophene rings is 1. The van der Waals surface area contributed by atoms with Gasteiger partial charge in [0.15, 0.2) is 0 Å². The molecule has 2 aromatic rings. The van der Waals surface area contributed by atoms with Crippen molar-refractivity contribution in [3.05, 3.63) is 26.6 Å². The van der Waals surface area contributed by atoms with Crippen LogP contribution in [0.5, 0.6) is 0 Å². The third-order valence-corrected chi connectivity index (χ3v) is 8.25. The molecule has 166 valence electrons. The molecule has 2 aromatic heterocycles. The van der Waals surface area contributed by atoms with E-state index in [0.29, 0.717) is 28.2 Å². The van der Waals surface area contributed by atoms with E-state index in [2.05, 4.69) is 0 Å². The molecule has 0 bridgehead atoms. The Morgan fingerprint density at radius 1 is 0.968 bits per heavy atom. The molecule has 8 heteroatoms. The van der Waals surface area contributed by atoms with Gasteiger partial charge >= 0.3 is 0 Å². The monoisotopic (exact) mass is 442 g/mol. The zero-order chi connectivity index (χ0) is 21.5. The van der Waals surface area contributed by atoms with Crippen LogP contribution in [0.15, 0.2) is 4.79 Å². The maximum Gasteiger partial charge on any atom is 0.264 e. The number of carbonyl (C=O) groups is 2. The fourth-order valence-corrected chi connectivity index (χ4v) is 6.47. The predicted molar refractivity (Wildman–Crippen MR) is 121 cm³/mol. The van der Waals surface area contributed by atoms with Crippen molar-refractivity contribution in [1.82, 2.24) is 19.4 Å². The number of rotatable bonds is 2. The number of aryl methyl sites for hydroxylation is 2. The molecule has 3 aliphatic heterocycles. The second kappa shape index (κ2) is 8.37. The number of hydrogen-bond donors (Lipinski definition) is 0. The van der Waals surface area contributed by atoms with Crippen LogP contribution in [0.1, 0.15) is 72.4 Å². The minimum atomic E-state index is -0.380. The van der Waals surface area contributed by atoms with E-state index < -0.39 is 0 Å². The topological polar surface area (TPSA) is 75.5 Å². The standard InChI is InChI=1S/C23H30N4O3S/c1-15-18-20(24-17-10-3-2-5-14-27(17)22(18)29)31-19(15)23(30)26-13-6-4-9-16(26)21(28)25-11-7-8-12-25/h16H,2-14H2,1H3. The number of aromatic nitrogens is 2. The first-order chi connectivity index (χ1) is 15.1. The number of nitrogens with zero attached hydrogens (tertiary/aromatic N) is 4. The van der Waals surface area contributed by atoms with Gasteiger partial charge < -0.3 is 9.80 Å². The number of likely N-dealkylation sites (tertiary alicyclic amines) is 2. The van der Waals surface area contributed by atoms with Gasteiger partial charge in [0, 0.05) is 32.6 Å². The van der Waals surface area contributed by atoms with Gasteiger partial charge in [-0.05, 0) is 57.4 Å². The highest BCUT2D eigenvalue weighted by molar-refractivity contribution is 7.20. The van der Waals surface area contributed by atoms with E-state index in [0.717, 1.165) is 82.3 Å². The smallest absolute Gasteiger partial charge is 0.264 e. The molecule has 2 fully saturated rings. The Balaban J connectivity index is 1.51. The van der Waals surface area contributed by atoms with Crippen LogP contribution in [0, 0.1) is 6.92 Å². The minimum absolute atomic E-state index is 0.0157. The Morgan fingerprint density at radius 2 is 1.71 bits per heavy atom. The molecule has 1 atom stereocenters. The Kier molecular flexibility index (Phi) is 5.58. The summed E-state index contributed by atoms with van der Waals surface area (Å²) in [6.45, 7) is 4.75. The molecule has 7 nitrogen and oxygen atoms in total. The fraction of sp³-hybridized carbons (Fsp3) is 0.652. The Morgan fingerprint density at radius 3 is 2.52 bits per heavy atom. The van der Waals surface area contributed by atoms with Crippen molar-refractivity contribution in [2.45, 2.75) is 77.3 Å². The normalized spacial score (nSPS) is 21.9. The van der Waals surface area contributed by atoms with E-state index in [-0.39, 0.29) is 23.4 Å². The van der Waals surface area contributed by atoms with E-state index in [4.69, 9.17) is 4.98 Å². The second-order valence-electron chi connectivity index (χ2n) is 9.07. The van der Waals surface area contributed by atoms with E-state index in [1.807, 2.05) is 16.4 Å². The van der Waals surface area contributed by atoms with Crippen LogP contribution in [-0.4, -0.2) is 56.8 Å². The van der Waals surface area contributed by atoms with Crippen LogP contribution in [0.4, 0.5) is 0 Å². The first-order valence-corrected chi connectivity index (χ1v) is 12.5. The van der Waals surface area contributed by atoms with Crippen LogP contribution in [0.2, 0.25) is 0 Å². The largest absolute Gasteiger partial charge is 0.341 e. The van der Waals surface area contributed by atoms with E-state index in [1.54, 1.807) is 4.90 Å². The van der Waals surface area contributed by atoms with Crippen LogP contribution in [0.3, 0.4) is 0 Å². The van der Waals surface area contributed by atoms with Crippen molar-refractivity contribution in [3.8, 4) is 0 Å². The lowest BCUT2D eigenvalue weighted by molar-refractivity contribution is -0.136. The summed E-state index contributed by atoms with van der Waals surface area (Å²) in [5, 5.41) is 0.582. The number of fused-ring (bicyclic) bond motifs is 2. The molecule has 5 heterocycles. The van der Waals surface area contributed by atoms with Crippen LogP contribution < -0.4 is 5.56 Å². The second-order valence-corrected chi connectivity index (χ2v) is 10.1. The van der Waals surface area contributed by atoms with Crippen molar-refractivity contribution < 1.29 is 9.59 Å². The van der Waals surface area contributed by atoms with Crippen molar-refractivity contribution in [2.24, 2.45) is 0 Å². The first-order valence-electron chi connectivity index (χ1n) is 11.7. The van der Waals surface area contributed by atoms with Crippen LogP contribution in [0.25, 0.3) is 10.2 Å². The zero-order valence-corrected chi connectivity index (χ0v) is 19.0. The van der Waals surface area contributed by atoms with Crippen molar-refractivity contribution >= 4 is 33.4 Å². The van der Waals surface area contributed by atoms with Gasteiger partial charge in [0.05, 0.1) is 10.3 Å². The molecule has 5 rings (SSSR count). The fourth-order valence-electron chi connectivity index (χ4n) is 5.32. The van der Waals surface area contributed by atoms with Crippen molar-refractivity contribution in [3.63, 3.8) is 0 Å². The van der Waals surface area contributed by atoms with Gasteiger partial charge in [-0.2, -0.15) is 0 Å². The third-order valence-electron chi connectivity index (χ3n) is 7.07. The van der Waals surface area contributed by atoms with Crippen molar-refractivity contribution in [1.29, 1.82) is 0 Å². The summed E-state index contributed by atoms with van der Waals surface area (Å²) in [6.07, 6.45) is 8.64. The molecule has 0 N–H and O–H groups in total. The Bertz CT molecular complexity index is 1080. The van der Waals surface area contributed by atoms with E-state index in [9.17, 15) is 14.4 Å². The highest BCUT2D eigenvalue weighted by atomic mass is 32.1. The maximum atomic E-state index is 13.6. The summed E-state index contributed by atoms with van der Waals surface area (Å²) < 4.78 is 1.81. The SMILES string of the molecule is Cc1c(C(=O)N2CCCCC2C(=O)N2CCCC2)sc2nc3n(c(=O)c12)CCCCC3. The lowest BCUT2D eigenvalue weighted by Gasteiger charge is -2.36. The highest BCUT2D eigenvalue weighted by Gasteiger charge is 2.37. The lowest BCUT2D eigenvalue weighted by Crippen LogP contribution is -2.52. The van der Waals surface area contributed by atoms with Gasteiger partial charge in [-0.25, -0.2) is 4.98 Å². The number of carbonyl (C=O) groups excluding carboxylic acids is 2. The molecule has 31 heavy (non-hydrogen) atoms. The minimum Gasteiger partial charge on any atom is -0.341 e. The Hall–Kier alpha value is -2.22. The summed E-state index contributed by atoms with van der Waals surface area (Å²) in [4.78, 5) is 49.7. The summed E-state index contributed by atoms with van der Waals surface area (Å²) in [6, 6.07) is -0.380. The molecule has 2 saturated heterocycles. The average Bonchev–Trinajstić information content (AvgIpc) is 3.36. The zero-order valence-electron chi connectivity index (χ0n) is 18.2. The predicted octanol–water partition coefficient (Wildman–Crippen LogP) is 3.11. The molecule has 0 spiro atoms. The van der Waals surface area contributed by atoms with Gasteiger partial charge in [0.25, 0.3) is 11.5 Å². The number of piperidine rings is 1. The molecule has 0 aromatic carbocycles. The van der Waals surface area contributed by atoms with Crippen LogP contribution in [-0.2, 0) is 17.8 Å². The van der Waals surface area contributed by atoms with E-state index >= 15 is 0 Å². The van der Waals surface area contributed by atoms with E-state index in [1.165, 1.54) is 11.3 Å². The van der Waals surface area contributed by atoms with Gasteiger partial charge in [0.2, 0.25) is 5.91 Å². The maximum absolute atomic E-state index is 13.6. The lowest BCUT2D eigenvalue weighted by atomic mass is 10.00. The summed E-state index contributed by atoms with van der Waals surface area (Å²) in [5.41, 5.74) is 0.707. The van der Waals surface area contributed by atoms with Crippen molar-refractivity contribution in [2.75, 3.05) is 19.6 Å². The molecule has 3 aliphatic rings. The molecule has 1 unspecified atom stereocenters. The highest BCUT2D eigenvalue weighted by Crippen LogP contribution is 2.32. The van der Waals surface area contributed by atoms with Crippen LogP contribution >= 0.6 is 11.3 Å². The van der Waals surface area contributed by atoms with Gasteiger partial charge in [-0.1, -0.05) is 6.42 Å². The molecule has 0 radical (unpaired) electrons. The first kappa shape index (κ1) is 20.7. The average molecular weight is 443 g/mol. The Labute approximate surface area is 186 Å². The quantitative estimate of drug-likeness (QED) is 0.716. The van der Waals surface area contributed by atoms with Gasteiger partial charge in [0.1, 0.15) is 16.7 Å². The summed E-state index contributed by atoms with van der Waals surface area (Å²) in [7, 11) is 0. The molecular formula is C23H30N4O3S. The molecule has 2 amide bonds.